The van der Waals surface area contributed by atoms with E-state index in [0.717, 1.165) is 22.1 Å². The van der Waals surface area contributed by atoms with Gasteiger partial charge in [0.1, 0.15) is 5.75 Å². The quantitative estimate of drug-likeness (QED) is 0.857. The van der Waals surface area contributed by atoms with Crippen LogP contribution in [-0.4, -0.2) is 19.6 Å². The van der Waals surface area contributed by atoms with E-state index in [-0.39, 0.29) is 11.8 Å². The van der Waals surface area contributed by atoms with E-state index in [2.05, 4.69) is 11.4 Å². The van der Waals surface area contributed by atoms with Gasteiger partial charge >= 0.3 is 0 Å². The zero-order valence-corrected chi connectivity index (χ0v) is 12.6. The van der Waals surface area contributed by atoms with Crippen molar-refractivity contribution in [3.63, 3.8) is 0 Å². The standard InChI is InChI=1S/C17H22N2O2/c1-12(7-8-18)17(20)19-11-13-3-4-15-10-16(21-2)6-5-14(15)9-13/h3-6,9-10,12H,7-8,11,18H2,1-2H3,(H,19,20). The SMILES string of the molecule is COc1ccc2cc(CNC(=O)C(C)CCN)ccc2c1. The van der Waals surface area contributed by atoms with Crippen molar-refractivity contribution in [3.8, 4) is 5.75 Å². The molecule has 2 aromatic carbocycles. The summed E-state index contributed by atoms with van der Waals surface area (Å²) in [4.78, 5) is 11.9. The van der Waals surface area contributed by atoms with Crippen molar-refractivity contribution in [2.75, 3.05) is 13.7 Å². The van der Waals surface area contributed by atoms with Crippen molar-refractivity contribution >= 4 is 16.7 Å². The molecule has 0 saturated heterocycles. The Morgan fingerprint density at radius 3 is 2.67 bits per heavy atom. The van der Waals surface area contributed by atoms with Gasteiger partial charge in [-0.1, -0.05) is 25.1 Å². The summed E-state index contributed by atoms with van der Waals surface area (Å²) in [6, 6.07) is 12.1. The monoisotopic (exact) mass is 286 g/mol. The van der Waals surface area contributed by atoms with Crippen LogP contribution < -0.4 is 15.8 Å². The fraction of sp³-hybridized carbons (Fsp3) is 0.353. The third-order valence-electron chi connectivity index (χ3n) is 3.63. The lowest BCUT2D eigenvalue weighted by Gasteiger charge is -2.11. The van der Waals surface area contributed by atoms with Crippen LogP contribution in [-0.2, 0) is 11.3 Å². The summed E-state index contributed by atoms with van der Waals surface area (Å²) in [7, 11) is 1.66. The van der Waals surface area contributed by atoms with Gasteiger partial charge in [-0.25, -0.2) is 0 Å². The molecule has 2 aromatic rings. The maximum Gasteiger partial charge on any atom is 0.223 e. The van der Waals surface area contributed by atoms with Crippen LogP contribution in [0.4, 0.5) is 0 Å². The minimum atomic E-state index is -0.0419. The average molecular weight is 286 g/mol. The Kier molecular flexibility index (Phi) is 5.17. The molecular weight excluding hydrogens is 264 g/mol. The lowest BCUT2D eigenvalue weighted by molar-refractivity contribution is -0.124. The highest BCUT2D eigenvalue weighted by Gasteiger charge is 2.11. The Hall–Kier alpha value is -2.07. The van der Waals surface area contributed by atoms with Crippen LogP contribution in [0.25, 0.3) is 10.8 Å². The molecule has 0 bridgehead atoms. The first-order valence-corrected chi connectivity index (χ1v) is 7.18. The second-order valence-electron chi connectivity index (χ2n) is 5.24. The van der Waals surface area contributed by atoms with Crippen LogP contribution in [0.5, 0.6) is 5.75 Å². The number of carbonyl (C=O) groups excluding carboxylic acids is 1. The Labute approximate surface area is 125 Å². The van der Waals surface area contributed by atoms with Crippen LogP contribution in [0.2, 0.25) is 0 Å². The molecule has 1 unspecified atom stereocenters. The van der Waals surface area contributed by atoms with Crippen molar-refractivity contribution in [3.05, 3.63) is 42.0 Å². The molecule has 4 heteroatoms. The largest absolute Gasteiger partial charge is 0.497 e. The summed E-state index contributed by atoms with van der Waals surface area (Å²) in [6.07, 6.45) is 0.712. The van der Waals surface area contributed by atoms with Gasteiger partial charge < -0.3 is 15.8 Å². The summed E-state index contributed by atoms with van der Waals surface area (Å²) in [5, 5.41) is 5.21. The molecule has 0 saturated carbocycles. The summed E-state index contributed by atoms with van der Waals surface area (Å²) in [5.74, 6) is 0.856. The van der Waals surface area contributed by atoms with E-state index < -0.39 is 0 Å². The van der Waals surface area contributed by atoms with Gasteiger partial charge in [0.15, 0.2) is 0 Å². The molecular formula is C17H22N2O2. The molecule has 0 aromatic heterocycles. The maximum absolute atomic E-state index is 11.9. The Bertz CT molecular complexity index is 625. The number of fused-ring (bicyclic) bond motifs is 1. The van der Waals surface area contributed by atoms with Crippen molar-refractivity contribution in [2.24, 2.45) is 11.7 Å². The summed E-state index contributed by atoms with van der Waals surface area (Å²) >= 11 is 0. The lowest BCUT2D eigenvalue weighted by Crippen LogP contribution is -2.29. The summed E-state index contributed by atoms with van der Waals surface area (Å²) in [6.45, 7) is 2.97. The first-order chi connectivity index (χ1) is 10.1. The number of amides is 1. The first-order valence-electron chi connectivity index (χ1n) is 7.18. The molecule has 112 valence electrons. The van der Waals surface area contributed by atoms with E-state index in [1.165, 1.54) is 0 Å². The van der Waals surface area contributed by atoms with E-state index in [1.807, 2.05) is 37.3 Å². The van der Waals surface area contributed by atoms with Gasteiger partial charge in [0.2, 0.25) is 5.91 Å². The molecule has 0 heterocycles. The average Bonchev–Trinajstić information content (AvgIpc) is 2.52. The molecule has 21 heavy (non-hydrogen) atoms. The third-order valence-corrected chi connectivity index (χ3v) is 3.63. The van der Waals surface area contributed by atoms with E-state index in [4.69, 9.17) is 10.5 Å². The number of nitrogens with two attached hydrogens (primary N) is 1. The van der Waals surface area contributed by atoms with Crippen LogP contribution in [0.1, 0.15) is 18.9 Å². The molecule has 3 N–H and O–H groups in total. The van der Waals surface area contributed by atoms with Crippen molar-refractivity contribution in [2.45, 2.75) is 19.9 Å². The predicted molar refractivity (Wildman–Crippen MR) is 85.2 cm³/mol. The fourth-order valence-electron chi connectivity index (χ4n) is 2.25. The topological polar surface area (TPSA) is 64.3 Å². The van der Waals surface area contributed by atoms with Crippen molar-refractivity contribution in [1.82, 2.24) is 5.32 Å². The molecule has 0 radical (unpaired) electrons. The second-order valence-corrected chi connectivity index (χ2v) is 5.24. The van der Waals surface area contributed by atoms with E-state index in [1.54, 1.807) is 7.11 Å². The zero-order chi connectivity index (χ0) is 15.2. The molecule has 0 aliphatic heterocycles. The van der Waals surface area contributed by atoms with Crippen LogP contribution >= 0.6 is 0 Å². The Balaban J connectivity index is 2.04. The van der Waals surface area contributed by atoms with Gasteiger partial charge in [0.25, 0.3) is 0 Å². The number of benzene rings is 2. The third kappa shape index (κ3) is 3.95. The van der Waals surface area contributed by atoms with Crippen molar-refractivity contribution in [1.29, 1.82) is 0 Å². The smallest absolute Gasteiger partial charge is 0.223 e. The fourth-order valence-corrected chi connectivity index (χ4v) is 2.25. The molecule has 0 aliphatic rings. The summed E-state index contributed by atoms with van der Waals surface area (Å²) < 4.78 is 5.21. The summed E-state index contributed by atoms with van der Waals surface area (Å²) in [5.41, 5.74) is 6.55. The van der Waals surface area contributed by atoms with E-state index in [9.17, 15) is 4.79 Å². The molecule has 4 nitrogen and oxygen atoms in total. The van der Waals surface area contributed by atoms with Crippen LogP contribution in [0.3, 0.4) is 0 Å². The molecule has 1 amide bonds. The molecule has 0 aliphatic carbocycles. The highest BCUT2D eigenvalue weighted by Crippen LogP contribution is 2.21. The van der Waals surface area contributed by atoms with Gasteiger partial charge in [-0.15, -0.1) is 0 Å². The first kappa shape index (κ1) is 15.3. The van der Waals surface area contributed by atoms with Gasteiger partial charge in [-0.05, 0) is 47.5 Å². The lowest BCUT2D eigenvalue weighted by atomic mass is 10.1. The van der Waals surface area contributed by atoms with Crippen molar-refractivity contribution < 1.29 is 9.53 Å². The Morgan fingerprint density at radius 1 is 1.24 bits per heavy atom. The number of hydrogen-bond acceptors (Lipinski definition) is 3. The second kappa shape index (κ2) is 7.09. The highest BCUT2D eigenvalue weighted by molar-refractivity contribution is 5.84. The predicted octanol–water partition coefficient (Wildman–Crippen LogP) is 2.45. The Morgan fingerprint density at radius 2 is 1.95 bits per heavy atom. The number of hydrogen-bond donors (Lipinski definition) is 2. The molecule has 1 atom stereocenters. The molecule has 0 fully saturated rings. The zero-order valence-electron chi connectivity index (χ0n) is 12.6. The number of ether oxygens (including phenoxy) is 1. The maximum atomic E-state index is 11.9. The van der Waals surface area contributed by atoms with Gasteiger partial charge in [0.05, 0.1) is 7.11 Å². The number of nitrogens with one attached hydrogen (secondary N) is 1. The number of methoxy groups -OCH3 is 1. The minimum absolute atomic E-state index is 0.0419. The number of carbonyl (C=O) groups is 1. The van der Waals surface area contributed by atoms with Gasteiger partial charge in [-0.3, -0.25) is 4.79 Å². The van der Waals surface area contributed by atoms with Crippen LogP contribution in [0, 0.1) is 5.92 Å². The molecule has 2 rings (SSSR count). The highest BCUT2D eigenvalue weighted by atomic mass is 16.5. The molecule has 0 spiro atoms. The normalized spacial score (nSPS) is 12.1. The minimum Gasteiger partial charge on any atom is -0.497 e. The number of rotatable bonds is 6. The van der Waals surface area contributed by atoms with E-state index >= 15 is 0 Å². The van der Waals surface area contributed by atoms with Crippen LogP contribution in [0.15, 0.2) is 36.4 Å². The van der Waals surface area contributed by atoms with Gasteiger partial charge in [-0.2, -0.15) is 0 Å². The van der Waals surface area contributed by atoms with Gasteiger partial charge in [0, 0.05) is 12.5 Å². The van der Waals surface area contributed by atoms with E-state index in [0.29, 0.717) is 19.5 Å².